The van der Waals surface area contributed by atoms with Gasteiger partial charge in [0.1, 0.15) is 28.7 Å². The van der Waals surface area contributed by atoms with Crippen LogP contribution in [0.5, 0.6) is 0 Å². The molecule has 0 atom stereocenters. The number of nitrogens with zero attached hydrogens (tertiary/aromatic N) is 3. The van der Waals surface area contributed by atoms with Crippen molar-refractivity contribution in [3.63, 3.8) is 0 Å². The fraction of sp³-hybridized carbons (Fsp3) is 0.438. The van der Waals surface area contributed by atoms with Crippen LogP contribution in [0.3, 0.4) is 0 Å². The van der Waals surface area contributed by atoms with Gasteiger partial charge in [-0.15, -0.1) is 0 Å². The number of carbonyl (C=O) groups excluding carboxylic acids is 1. The van der Waals surface area contributed by atoms with Crippen LogP contribution in [0, 0.1) is 13.8 Å². The molecular weight excluding hydrogens is 330 g/mol. The standard InChI is InChI=1S/C16H20ClN5O2/c1-9-7-12(10(2)24-9)16(23)21-11-3-5-22(6-4-11)15-13(17)14(18)19-8-20-15/h7-8,11H,3-6H2,1-2H3,(H,21,23)(H2,18,19,20). The maximum Gasteiger partial charge on any atom is 0.255 e. The van der Waals surface area contributed by atoms with E-state index in [0.717, 1.165) is 31.7 Å². The quantitative estimate of drug-likeness (QED) is 0.882. The van der Waals surface area contributed by atoms with Crippen LogP contribution in [-0.2, 0) is 0 Å². The summed E-state index contributed by atoms with van der Waals surface area (Å²) in [6.45, 7) is 5.11. The molecule has 3 heterocycles. The predicted molar refractivity (Wildman–Crippen MR) is 92.3 cm³/mol. The highest BCUT2D eigenvalue weighted by atomic mass is 35.5. The maximum atomic E-state index is 12.4. The van der Waals surface area contributed by atoms with Crippen LogP contribution in [0.4, 0.5) is 11.6 Å². The molecule has 3 rings (SSSR count). The fourth-order valence-electron chi connectivity index (χ4n) is 2.95. The third-order valence-electron chi connectivity index (χ3n) is 4.21. The number of amides is 1. The van der Waals surface area contributed by atoms with E-state index in [-0.39, 0.29) is 17.8 Å². The number of hydrogen-bond acceptors (Lipinski definition) is 6. The summed E-state index contributed by atoms with van der Waals surface area (Å²) < 4.78 is 5.41. The molecule has 0 bridgehead atoms. The van der Waals surface area contributed by atoms with Crippen LogP contribution in [0.15, 0.2) is 16.8 Å². The van der Waals surface area contributed by atoms with Crippen molar-refractivity contribution in [3.05, 3.63) is 34.5 Å². The van der Waals surface area contributed by atoms with E-state index >= 15 is 0 Å². The molecule has 1 aliphatic rings. The minimum Gasteiger partial charge on any atom is -0.466 e. The molecule has 0 spiro atoms. The van der Waals surface area contributed by atoms with E-state index in [4.69, 9.17) is 21.8 Å². The molecule has 2 aromatic rings. The zero-order chi connectivity index (χ0) is 17.3. The highest BCUT2D eigenvalue weighted by Crippen LogP contribution is 2.29. The predicted octanol–water partition coefficient (Wildman–Crippen LogP) is 2.32. The van der Waals surface area contributed by atoms with E-state index in [2.05, 4.69) is 20.2 Å². The lowest BCUT2D eigenvalue weighted by molar-refractivity contribution is 0.0929. The van der Waals surface area contributed by atoms with Crippen molar-refractivity contribution in [1.29, 1.82) is 0 Å². The number of furan rings is 1. The summed E-state index contributed by atoms with van der Waals surface area (Å²) >= 11 is 6.18. The molecular formula is C16H20ClN5O2. The van der Waals surface area contributed by atoms with E-state index in [1.807, 2.05) is 6.92 Å². The molecule has 0 unspecified atom stereocenters. The molecule has 3 N–H and O–H groups in total. The lowest BCUT2D eigenvalue weighted by Crippen LogP contribution is -2.45. The molecule has 24 heavy (non-hydrogen) atoms. The topological polar surface area (TPSA) is 97.3 Å². The molecule has 128 valence electrons. The highest BCUT2D eigenvalue weighted by molar-refractivity contribution is 6.35. The Kier molecular flexibility index (Phi) is 4.62. The summed E-state index contributed by atoms with van der Waals surface area (Å²) in [4.78, 5) is 22.5. The Balaban J connectivity index is 1.60. The van der Waals surface area contributed by atoms with Crippen LogP contribution in [0.25, 0.3) is 0 Å². The largest absolute Gasteiger partial charge is 0.466 e. The van der Waals surface area contributed by atoms with Crippen molar-refractivity contribution in [1.82, 2.24) is 15.3 Å². The molecule has 7 nitrogen and oxygen atoms in total. The second kappa shape index (κ2) is 6.68. The lowest BCUT2D eigenvalue weighted by atomic mass is 10.0. The van der Waals surface area contributed by atoms with E-state index < -0.39 is 0 Å². The van der Waals surface area contributed by atoms with Crippen molar-refractivity contribution in [2.45, 2.75) is 32.7 Å². The third-order valence-corrected chi connectivity index (χ3v) is 4.58. The van der Waals surface area contributed by atoms with E-state index in [1.165, 1.54) is 6.33 Å². The number of nitrogen functional groups attached to an aromatic ring is 1. The Morgan fingerprint density at radius 3 is 2.71 bits per heavy atom. The molecule has 8 heteroatoms. The fourth-order valence-corrected chi connectivity index (χ4v) is 3.17. The second-order valence-electron chi connectivity index (χ2n) is 5.96. The minimum absolute atomic E-state index is 0.0906. The molecule has 2 aromatic heterocycles. The van der Waals surface area contributed by atoms with Crippen LogP contribution in [-0.4, -0.2) is 35.0 Å². The Morgan fingerprint density at radius 2 is 2.08 bits per heavy atom. The van der Waals surface area contributed by atoms with Crippen LogP contribution in [0.1, 0.15) is 34.7 Å². The van der Waals surface area contributed by atoms with Gasteiger partial charge < -0.3 is 20.4 Å². The number of anilines is 2. The molecule has 1 fully saturated rings. The molecule has 0 saturated carbocycles. The molecule has 1 amide bonds. The van der Waals surface area contributed by atoms with Crippen molar-refractivity contribution in [3.8, 4) is 0 Å². The Bertz CT molecular complexity index is 753. The van der Waals surface area contributed by atoms with Gasteiger partial charge in [-0.1, -0.05) is 11.6 Å². The van der Waals surface area contributed by atoms with Crippen LogP contribution in [0.2, 0.25) is 5.02 Å². The highest BCUT2D eigenvalue weighted by Gasteiger charge is 2.25. The number of aryl methyl sites for hydroxylation is 2. The Labute approximate surface area is 145 Å². The van der Waals surface area contributed by atoms with Gasteiger partial charge in [0, 0.05) is 19.1 Å². The first-order chi connectivity index (χ1) is 11.5. The first kappa shape index (κ1) is 16.6. The third kappa shape index (κ3) is 3.31. The maximum absolute atomic E-state index is 12.4. The number of hydrogen-bond donors (Lipinski definition) is 2. The summed E-state index contributed by atoms with van der Waals surface area (Å²) in [5.41, 5.74) is 6.32. The summed E-state index contributed by atoms with van der Waals surface area (Å²) in [6, 6.07) is 1.88. The summed E-state index contributed by atoms with van der Waals surface area (Å²) in [6.07, 6.45) is 3.03. The lowest BCUT2D eigenvalue weighted by Gasteiger charge is -2.33. The van der Waals surface area contributed by atoms with Crippen molar-refractivity contribution in [2.75, 3.05) is 23.7 Å². The number of nitrogens with two attached hydrogens (primary N) is 1. The van der Waals surface area contributed by atoms with E-state index in [9.17, 15) is 4.79 Å². The normalized spacial score (nSPS) is 15.5. The average Bonchev–Trinajstić information content (AvgIpc) is 2.90. The number of piperidine rings is 1. The van der Waals surface area contributed by atoms with E-state index in [0.29, 0.717) is 22.2 Å². The number of aromatic nitrogens is 2. The number of carbonyl (C=O) groups is 1. The van der Waals surface area contributed by atoms with Gasteiger partial charge in [0.2, 0.25) is 0 Å². The van der Waals surface area contributed by atoms with Gasteiger partial charge in [0.15, 0.2) is 5.82 Å². The zero-order valence-corrected chi connectivity index (χ0v) is 14.4. The molecule has 1 aliphatic heterocycles. The summed E-state index contributed by atoms with van der Waals surface area (Å²) in [7, 11) is 0. The SMILES string of the molecule is Cc1cc(C(=O)NC2CCN(c3ncnc(N)c3Cl)CC2)c(C)o1. The number of halogens is 1. The van der Waals surface area contributed by atoms with Gasteiger partial charge >= 0.3 is 0 Å². The minimum atomic E-state index is -0.0906. The molecule has 0 radical (unpaired) electrons. The monoisotopic (exact) mass is 349 g/mol. The smallest absolute Gasteiger partial charge is 0.255 e. The zero-order valence-electron chi connectivity index (χ0n) is 13.7. The average molecular weight is 350 g/mol. The van der Waals surface area contributed by atoms with Crippen molar-refractivity contribution < 1.29 is 9.21 Å². The van der Waals surface area contributed by atoms with E-state index in [1.54, 1.807) is 13.0 Å². The van der Waals surface area contributed by atoms with Crippen LogP contribution >= 0.6 is 11.6 Å². The van der Waals surface area contributed by atoms with Gasteiger partial charge in [-0.3, -0.25) is 4.79 Å². The van der Waals surface area contributed by atoms with Crippen LogP contribution < -0.4 is 16.0 Å². The molecule has 0 aromatic carbocycles. The summed E-state index contributed by atoms with van der Waals surface area (Å²) in [5.74, 6) is 2.22. The van der Waals surface area contributed by atoms with Crippen molar-refractivity contribution in [2.24, 2.45) is 0 Å². The van der Waals surface area contributed by atoms with Gasteiger partial charge in [0.05, 0.1) is 5.56 Å². The number of nitrogens with one attached hydrogen (secondary N) is 1. The molecule has 0 aliphatic carbocycles. The van der Waals surface area contributed by atoms with Gasteiger partial charge in [0.25, 0.3) is 5.91 Å². The van der Waals surface area contributed by atoms with Gasteiger partial charge in [-0.2, -0.15) is 0 Å². The summed E-state index contributed by atoms with van der Waals surface area (Å²) in [5, 5.41) is 3.45. The first-order valence-corrected chi connectivity index (χ1v) is 8.22. The van der Waals surface area contributed by atoms with Gasteiger partial charge in [-0.25, -0.2) is 9.97 Å². The molecule has 1 saturated heterocycles. The second-order valence-corrected chi connectivity index (χ2v) is 6.34. The Hall–Kier alpha value is -2.28. The van der Waals surface area contributed by atoms with Crippen molar-refractivity contribution >= 4 is 29.1 Å². The number of rotatable bonds is 3. The Morgan fingerprint density at radius 1 is 1.38 bits per heavy atom. The van der Waals surface area contributed by atoms with Gasteiger partial charge in [-0.05, 0) is 32.8 Å². The first-order valence-electron chi connectivity index (χ1n) is 7.84.